The number of nitrogens with two attached hydrogens (primary N) is 1. The predicted octanol–water partition coefficient (Wildman–Crippen LogP) is 2.19. The summed E-state index contributed by atoms with van der Waals surface area (Å²) in [7, 11) is 0. The molecule has 0 fully saturated rings. The molecule has 1 aliphatic rings. The van der Waals surface area contributed by atoms with Crippen molar-refractivity contribution in [1.29, 1.82) is 0 Å². The average molecular weight is 218 g/mol. The monoisotopic (exact) mass is 218 g/mol. The molecule has 1 aliphatic heterocycles. The number of benzene rings is 1. The van der Waals surface area contributed by atoms with Gasteiger partial charge in [-0.2, -0.15) is 0 Å². The number of nitrogens with one attached hydrogen (secondary N) is 1. The molecule has 0 amide bonds. The van der Waals surface area contributed by atoms with E-state index in [-0.39, 0.29) is 6.04 Å². The van der Waals surface area contributed by atoms with E-state index in [1.807, 2.05) is 12.1 Å². The summed E-state index contributed by atoms with van der Waals surface area (Å²) in [6.07, 6.45) is 4.29. The van der Waals surface area contributed by atoms with Crippen LogP contribution in [-0.4, -0.2) is 6.61 Å². The summed E-state index contributed by atoms with van der Waals surface area (Å²) >= 11 is 0. The van der Waals surface area contributed by atoms with Crippen LogP contribution in [0, 0.1) is 6.92 Å². The number of hydrogen-bond acceptors (Lipinski definition) is 3. The molecule has 0 bridgehead atoms. The highest BCUT2D eigenvalue weighted by atomic mass is 16.5. The Morgan fingerprint density at radius 2 is 2.19 bits per heavy atom. The van der Waals surface area contributed by atoms with Crippen molar-refractivity contribution in [3.05, 3.63) is 47.2 Å². The van der Waals surface area contributed by atoms with Gasteiger partial charge in [-0.1, -0.05) is 24.3 Å². The Balaban J connectivity index is 2.28. The number of hydrogen-bond donors (Lipinski definition) is 2. The smallest absolute Gasteiger partial charge is 0.115 e. The van der Waals surface area contributed by atoms with Gasteiger partial charge < -0.3 is 4.74 Å². The fraction of sp³-hybridized carbons (Fsp3) is 0.385. The van der Waals surface area contributed by atoms with E-state index in [1.54, 1.807) is 0 Å². The number of rotatable bonds is 3. The summed E-state index contributed by atoms with van der Waals surface area (Å²) in [6.45, 7) is 2.87. The molecular weight excluding hydrogens is 200 g/mol. The van der Waals surface area contributed by atoms with Crippen LogP contribution >= 0.6 is 0 Å². The van der Waals surface area contributed by atoms with Gasteiger partial charge in [0.2, 0.25) is 0 Å². The van der Waals surface area contributed by atoms with Crippen molar-refractivity contribution < 1.29 is 4.74 Å². The normalized spacial score (nSPS) is 17.5. The standard InChI is InChI=1S/C13H18N2O/c1-10-6-2-3-7-11(10)13(15-14)12-8-4-5-9-16-12/h2-3,6-8,13,15H,4-5,9,14H2,1H3. The largest absolute Gasteiger partial charge is 0.496 e. The highest BCUT2D eigenvalue weighted by Crippen LogP contribution is 2.27. The Morgan fingerprint density at radius 1 is 1.38 bits per heavy atom. The minimum Gasteiger partial charge on any atom is -0.496 e. The van der Waals surface area contributed by atoms with Gasteiger partial charge in [-0.15, -0.1) is 0 Å². The molecule has 3 N–H and O–H groups in total. The summed E-state index contributed by atoms with van der Waals surface area (Å²) in [4.78, 5) is 0. The zero-order valence-corrected chi connectivity index (χ0v) is 9.57. The lowest BCUT2D eigenvalue weighted by Crippen LogP contribution is -2.31. The molecule has 16 heavy (non-hydrogen) atoms. The van der Waals surface area contributed by atoms with E-state index in [1.165, 1.54) is 11.1 Å². The van der Waals surface area contributed by atoms with Crippen molar-refractivity contribution in [2.45, 2.75) is 25.8 Å². The molecule has 86 valence electrons. The third kappa shape index (κ3) is 2.26. The zero-order chi connectivity index (χ0) is 11.4. The van der Waals surface area contributed by atoms with Gasteiger partial charge in [0.25, 0.3) is 0 Å². The SMILES string of the molecule is Cc1ccccc1C(NN)C1=CCCCO1. The van der Waals surface area contributed by atoms with Gasteiger partial charge in [0, 0.05) is 0 Å². The maximum Gasteiger partial charge on any atom is 0.115 e. The van der Waals surface area contributed by atoms with Crippen LogP contribution in [0.1, 0.15) is 30.0 Å². The summed E-state index contributed by atoms with van der Waals surface area (Å²) < 4.78 is 5.66. The van der Waals surface area contributed by atoms with E-state index in [0.29, 0.717) is 0 Å². The molecule has 0 radical (unpaired) electrons. The molecule has 0 aliphatic carbocycles. The predicted molar refractivity (Wildman–Crippen MR) is 64.5 cm³/mol. The third-order valence-corrected chi connectivity index (χ3v) is 2.91. The Bertz CT molecular complexity index is 387. The van der Waals surface area contributed by atoms with Crippen LogP contribution in [0.25, 0.3) is 0 Å². The van der Waals surface area contributed by atoms with Crippen LogP contribution in [0.4, 0.5) is 0 Å². The number of aryl methyl sites for hydroxylation is 1. The van der Waals surface area contributed by atoms with Crippen LogP contribution in [0.2, 0.25) is 0 Å². The highest BCUT2D eigenvalue weighted by molar-refractivity contribution is 5.33. The van der Waals surface area contributed by atoms with Gasteiger partial charge in [0.05, 0.1) is 6.61 Å². The summed E-state index contributed by atoms with van der Waals surface area (Å²) in [5, 5.41) is 0. The van der Waals surface area contributed by atoms with Gasteiger partial charge in [0.1, 0.15) is 11.8 Å². The van der Waals surface area contributed by atoms with Crippen LogP contribution in [0.15, 0.2) is 36.1 Å². The molecule has 0 spiro atoms. The molecule has 1 unspecified atom stereocenters. The van der Waals surface area contributed by atoms with Gasteiger partial charge in [-0.25, -0.2) is 5.43 Å². The highest BCUT2D eigenvalue weighted by Gasteiger charge is 2.19. The molecule has 2 rings (SSSR count). The molecule has 3 heteroatoms. The second-order valence-electron chi connectivity index (χ2n) is 4.05. The molecule has 0 saturated heterocycles. The third-order valence-electron chi connectivity index (χ3n) is 2.91. The van der Waals surface area contributed by atoms with Crippen molar-refractivity contribution in [1.82, 2.24) is 5.43 Å². The van der Waals surface area contributed by atoms with E-state index in [9.17, 15) is 0 Å². The average Bonchev–Trinajstić information content (AvgIpc) is 2.34. The second-order valence-corrected chi connectivity index (χ2v) is 4.05. The van der Waals surface area contributed by atoms with Gasteiger partial charge in [-0.05, 0) is 37.0 Å². The molecule has 1 aromatic rings. The van der Waals surface area contributed by atoms with Gasteiger partial charge in [0.15, 0.2) is 0 Å². The van der Waals surface area contributed by atoms with Crippen molar-refractivity contribution in [3.63, 3.8) is 0 Å². The quantitative estimate of drug-likeness (QED) is 0.604. The molecular formula is C13H18N2O. The fourth-order valence-corrected chi connectivity index (χ4v) is 2.01. The molecule has 1 atom stereocenters. The van der Waals surface area contributed by atoms with Crippen molar-refractivity contribution >= 4 is 0 Å². The first-order chi connectivity index (χ1) is 7.83. The second kappa shape index (κ2) is 5.14. The van der Waals surface area contributed by atoms with E-state index in [4.69, 9.17) is 10.6 Å². The Labute approximate surface area is 96.3 Å². The number of ether oxygens (including phenoxy) is 1. The fourth-order valence-electron chi connectivity index (χ4n) is 2.01. The Kier molecular flexibility index (Phi) is 3.59. The lowest BCUT2D eigenvalue weighted by atomic mass is 9.99. The van der Waals surface area contributed by atoms with Crippen molar-refractivity contribution in [2.75, 3.05) is 6.61 Å². The van der Waals surface area contributed by atoms with Crippen LogP contribution in [0.5, 0.6) is 0 Å². The first-order valence-electron chi connectivity index (χ1n) is 5.67. The van der Waals surface area contributed by atoms with Gasteiger partial charge >= 0.3 is 0 Å². The first kappa shape index (κ1) is 11.2. The van der Waals surface area contributed by atoms with Crippen LogP contribution in [-0.2, 0) is 4.74 Å². The number of allylic oxidation sites excluding steroid dienone is 1. The zero-order valence-electron chi connectivity index (χ0n) is 9.57. The number of hydrazine groups is 1. The summed E-state index contributed by atoms with van der Waals surface area (Å²) in [5.74, 6) is 6.58. The molecule has 0 saturated carbocycles. The maximum absolute atomic E-state index is 5.66. The topological polar surface area (TPSA) is 47.3 Å². The summed E-state index contributed by atoms with van der Waals surface area (Å²) in [5.41, 5.74) is 5.24. The molecule has 1 heterocycles. The minimum atomic E-state index is -0.0264. The first-order valence-corrected chi connectivity index (χ1v) is 5.67. The van der Waals surface area contributed by atoms with Crippen molar-refractivity contribution in [3.8, 4) is 0 Å². The maximum atomic E-state index is 5.66. The van der Waals surface area contributed by atoms with E-state index >= 15 is 0 Å². The van der Waals surface area contributed by atoms with E-state index in [2.05, 4.69) is 30.6 Å². The Morgan fingerprint density at radius 3 is 2.81 bits per heavy atom. The minimum absolute atomic E-state index is 0.0264. The molecule has 1 aromatic carbocycles. The molecule has 0 aromatic heterocycles. The van der Waals surface area contributed by atoms with Crippen LogP contribution in [0.3, 0.4) is 0 Å². The van der Waals surface area contributed by atoms with Crippen molar-refractivity contribution in [2.24, 2.45) is 5.84 Å². The Hall–Kier alpha value is -1.32. The lowest BCUT2D eigenvalue weighted by molar-refractivity contribution is 0.167. The lowest BCUT2D eigenvalue weighted by Gasteiger charge is -2.24. The summed E-state index contributed by atoms with van der Waals surface area (Å²) in [6, 6.07) is 8.20. The van der Waals surface area contributed by atoms with E-state index in [0.717, 1.165) is 25.2 Å². The van der Waals surface area contributed by atoms with Crippen LogP contribution < -0.4 is 11.3 Å². The van der Waals surface area contributed by atoms with Gasteiger partial charge in [-0.3, -0.25) is 5.84 Å². The molecule has 3 nitrogen and oxygen atoms in total. The van der Waals surface area contributed by atoms with E-state index < -0.39 is 0 Å².